The van der Waals surface area contributed by atoms with Crippen molar-refractivity contribution in [3.05, 3.63) is 83.1 Å². The zero-order valence-corrected chi connectivity index (χ0v) is 29.4. The number of ether oxygens (including phenoxy) is 1. The van der Waals surface area contributed by atoms with E-state index in [0.29, 0.717) is 18.0 Å². The molecule has 0 spiro atoms. The second-order valence-electron chi connectivity index (χ2n) is 14.5. The highest BCUT2D eigenvalue weighted by molar-refractivity contribution is 7.92. The maximum Gasteiger partial charge on any atom is 0.264 e. The summed E-state index contributed by atoms with van der Waals surface area (Å²) in [4.78, 5) is 20.7. The molecule has 9 nitrogen and oxygen atoms in total. The van der Waals surface area contributed by atoms with Crippen LogP contribution >= 0.6 is 0 Å². The molecule has 2 aliphatic heterocycles. The molecule has 0 amide bonds. The van der Waals surface area contributed by atoms with Crippen LogP contribution in [0.25, 0.3) is 11.3 Å². The summed E-state index contributed by atoms with van der Waals surface area (Å²) in [7, 11) is -4.14. The van der Waals surface area contributed by atoms with Crippen molar-refractivity contribution in [3.8, 4) is 17.1 Å². The van der Waals surface area contributed by atoms with Gasteiger partial charge in [0, 0.05) is 30.3 Å². The van der Waals surface area contributed by atoms with Gasteiger partial charge in [0.2, 0.25) is 11.8 Å². The molecule has 3 atom stereocenters. The lowest BCUT2D eigenvalue weighted by atomic mass is 9.77. The summed E-state index contributed by atoms with van der Waals surface area (Å²) in [5.41, 5.74) is 3.84. The van der Waals surface area contributed by atoms with E-state index in [-0.39, 0.29) is 46.3 Å². The lowest BCUT2D eigenvalue weighted by Crippen LogP contribution is -2.28. The summed E-state index contributed by atoms with van der Waals surface area (Å²) in [5.74, 6) is -0.745. The molecule has 1 unspecified atom stereocenters. The molecule has 0 saturated carbocycles. The van der Waals surface area contributed by atoms with E-state index in [1.807, 2.05) is 44.3 Å². The molecule has 6 rings (SSSR count). The number of nitrogens with one attached hydrogen (secondary N) is 1. The number of aromatic nitrogens is 4. The Morgan fingerprint density at radius 2 is 1.79 bits per heavy atom. The number of sulfonamides is 1. The number of aryl methyl sites for hydroxylation is 2. The highest BCUT2D eigenvalue weighted by Crippen LogP contribution is 2.38. The predicted molar refractivity (Wildman–Crippen MR) is 186 cm³/mol. The minimum absolute atomic E-state index is 0.00914. The van der Waals surface area contributed by atoms with Crippen molar-refractivity contribution in [3.63, 3.8) is 0 Å². The third-order valence-corrected chi connectivity index (χ3v) is 10.9. The van der Waals surface area contributed by atoms with Crippen LogP contribution in [0.5, 0.6) is 5.88 Å². The summed E-state index contributed by atoms with van der Waals surface area (Å²) in [5, 5.41) is 0. The second kappa shape index (κ2) is 13.4. The number of rotatable bonds is 6. The Morgan fingerprint density at radius 3 is 2.50 bits per heavy atom. The third kappa shape index (κ3) is 7.31. The number of hydrogen-bond acceptors (Lipinski definition) is 8. The largest absolute Gasteiger partial charge is 0.475 e. The van der Waals surface area contributed by atoms with E-state index in [2.05, 4.69) is 52.3 Å². The fraction of sp³-hybridized carbons (Fsp3) is 0.459. The topological polar surface area (TPSA) is 110 Å². The number of nitrogens with zero attached hydrogens (tertiary/aromatic N) is 5. The summed E-state index contributed by atoms with van der Waals surface area (Å²) >= 11 is 0. The molecular formula is C37H45FN6O3S. The van der Waals surface area contributed by atoms with Gasteiger partial charge in [0.15, 0.2) is 0 Å². The highest BCUT2D eigenvalue weighted by atomic mass is 32.2. The van der Waals surface area contributed by atoms with E-state index in [4.69, 9.17) is 9.72 Å². The van der Waals surface area contributed by atoms with Gasteiger partial charge in [0.25, 0.3) is 15.9 Å². The van der Waals surface area contributed by atoms with Gasteiger partial charge in [0.1, 0.15) is 11.5 Å². The van der Waals surface area contributed by atoms with Gasteiger partial charge >= 0.3 is 0 Å². The lowest BCUT2D eigenvalue weighted by Gasteiger charge is -2.31. The summed E-state index contributed by atoms with van der Waals surface area (Å²) in [6, 6.07) is 13.0. The molecular weight excluding hydrogens is 628 g/mol. The normalized spacial score (nSPS) is 20.7. The quantitative estimate of drug-likeness (QED) is 0.223. The molecule has 0 radical (unpaired) electrons. The standard InChI is InChI=1S/C37H45FN6O3S/c1-23-10-7-11-24(2)32(23)34-33(38)35-42-36(41-34)43-48(45,46)29-14-8-13-26(18-29)30(27(22-47-35)15-16-37(4,5)6)19-28-20-39-21-31(40-28)44-17-9-12-25(44)3/h7-8,10-11,13-14,18,20-21,25,27,30H,9,12,15-17,19,22H2,1-6H3,(H,41,42,43)/t25-,27-,30?/m1/s1. The third-order valence-electron chi connectivity index (χ3n) is 9.58. The first kappa shape index (κ1) is 33.8. The fourth-order valence-electron chi connectivity index (χ4n) is 6.91. The Balaban J connectivity index is 1.47. The zero-order valence-electron chi connectivity index (χ0n) is 28.6. The number of fused-ring (bicyclic) bond motifs is 4. The van der Waals surface area contributed by atoms with Crippen LogP contribution < -0.4 is 14.4 Å². The minimum atomic E-state index is -4.14. The van der Waals surface area contributed by atoms with Crippen LogP contribution in [0, 0.1) is 31.0 Å². The van der Waals surface area contributed by atoms with Crippen LogP contribution in [0.2, 0.25) is 0 Å². The summed E-state index contributed by atoms with van der Waals surface area (Å²) < 4.78 is 52.8. The monoisotopic (exact) mass is 672 g/mol. The molecule has 4 bridgehead atoms. The Morgan fingerprint density at radius 1 is 1.04 bits per heavy atom. The average molecular weight is 673 g/mol. The van der Waals surface area contributed by atoms with Crippen LogP contribution in [0.3, 0.4) is 0 Å². The minimum Gasteiger partial charge on any atom is -0.475 e. The fourth-order valence-corrected chi connectivity index (χ4v) is 7.90. The van der Waals surface area contributed by atoms with E-state index in [1.165, 1.54) is 0 Å². The molecule has 1 saturated heterocycles. The van der Waals surface area contributed by atoms with Crippen molar-refractivity contribution < 1.29 is 17.5 Å². The summed E-state index contributed by atoms with van der Waals surface area (Å²) in [6.07, 6.45) is 7.96. The maximum absolute atomic E-state index is 16.4. The van der Waals surface area contributed by atoms with Gasteiger partial charge in [-0.15, -0.1) is 0 Å². The smallest absolute Gasteiger partial charge is 0.264 e. The molecule has 4 aromatic rings. The second-order valence-corrected chi connectivity index (χ2v) is 16.2. The first-order chi connectivity index (χ1) is 22.8. The highest BCUT2D eigenvalue weighted by Gasteiger charge is 2.31. The number of anilines is 2. The van der Waals surface area contributed by atoms with Gasteiger partial charge in [-0.2, -0.15) is 9.37 Å². The molecule has 2 aromatic heterocycles. The lowest BCUT2D eigenvalue weighted by molar-refractivity contribution is 0.182. The zero-order chi connectivity index (χ0) is 34.2. The Bertz CT molecular complexity index is 1890. The number of benzene rings is 2. The maximum atomic E-state index is 16.4. The first-order valence-electron chi connectivity index (χ1n) is 16.8. The van der Waals surface area contributed by atoms with Gasteiger partial charge in [-0.3, -0.25) is 4.98 Å². The molecule has 1 fully saturated rings. The van der Waals surface area contributed by atoms with E-state index in [9.17, 15) is 8.42 Å². The molecule has 0 aliphatic carbocycles. The molecule has 11 heteroatoms. The molecule has 4 heterocycles. The number of hydrogen-bond donors (Lipinski definition) is 1. The average Bonchev–Trinajstić information content (AvgIpc) is 3.47. The van der Waals surface area contributed by atoms with Crippen LogP contribution in [0.4, 0.5) is 16.2 Å². The van der Waals surface area contributed by atoms with E-state index < -0.39 is 15.8 Å². The van der Waals surface area contributed by atoms with E-state index in [0.717, 1.165) is 60.4 Å². The Kier molecular flexibility index (Phi) is 9.44. The van der Waals surface area contributed by atoms with Crippen molar-refractivity contribution in [2.24, 2.45) is 11.3 Å². The Labute approximate surface area is 283 Å². The molecule has 2 aliphatic rings. The molecule has 48 heavy (non-hydrogen) atoms. The Hall–Kier alpha value is -4.12. The van der Waals surface area contributed by atoms with Crippen LogP contribution in [-0.4, -0.2) is 47.5 Å². The van der Waals surface area contributed by atoms with E-state index >= 15 is 4.39 Å². The van der Waals surface area contributed by atoms with Gasteiger partial charge < -0.3 is 9.64 Å². The van der Waals surface area contributed by atoms with Gasteiger partial charge in [0.05, 0.1) is 23.4 Å². The van der Waals surface area contributed by atoms with E-state index in [1.54, 1.807) is 24.4 Å². The SMILES string of the molecule is Cc1cccc(C)c1-c1nc2nc(c1F)OC[C@@H](CCC(C)(C)C)C(Cc1cncc(N3CCC[C@H]3C)n1)c1cccc(c1)S(=O)(=O)N2. The van der Waals surface area contributed by atoms with Gasteiger partial charge in [-0.05, 0) is 93.0 Å². The predicted octanol–water partition coefficient (Wildman–Crippen LogP) is 7.64. The van der Waals surface area contributed by atoms with Crippen molar-refractivity contribution in [2.75, 3.05) is 22.8 Å². The van der Waals surface area contributed by atoms with Crippen molar-refractivity contribution in [2.45, 2.75) is 90.5 Å². The number of halogens is 1. The van der Waals surface area contributed by atoms with Crippen molar-refractivity contribution in [1.29, 1.82) is 0 Å². The summed E-state index contributed by atoms with van der Waals surface area (Å²) in [6.45, 7) is 13.6. The van der Waals surface area contributed by atoms with Crippen LogP contribution in [0.1, 0.15) is 81.7 Å². The molecule has 2 aromatic carbocycles. The first-order valence-corrected chi connectivity index (χ1v) is 18.2. The van der Waals surface area contributed by atoms with Crippen molar-refractivity contribution in [1.82, 2.24) is 19.9 Å². The van der Waals surface area contributed by atoms with Gasteiger partial charge in [-0.25, -0.2) is 23.1 Å². The molecule has 1 N–H and O–H groups in total. The molecule has 254 valence electrons. The van der Waals surface area contributed by atoms with Crippen LogP contribution in [-0.2, 0) is 16.4 Å². The van der Waals surface area contributed by atoms with Crippen molar-refractivity contribution >= 4 is 21.8 Å². The van der Waals surface area contributed by atoms with Crippen LogP contribution in [0.15, 0.2) is 59.8 Å². The van der Waals surface area contributed by atoms with Gasteiger partial charge in [-0.1, -0.05) is 51.1 Å².